The third-order valence-electron chi connectivity index (χ3n) is 10.4. The summed E-state index contributed by atoms with van der Waals surface area (Å²) in [6.45, 7) is 7.44. The van der Waals surface area contributed by atoms with Gasteiger partial charge in [0.25, 0.3) is 5.91 Å². The Morgan fingerprint density at radius 3 is 2.46 bits per heavy atom. The fraction of sp³-hybridized carbons (Fsp3) is 0.800. The Labute approximate surface area is 295 Å². The van der Waals surface area contributed by atoms with Crippen molar-refractivity contribution in [2.45, 2.75) is 139 Å². The lowest BCUT2D eigenvalue weighted by Crippen LogP contribution is -2.58. The first-order valence-electron chi connectivity index (χ1n) is 18.3. The minimum Gasteiger partial charge on any atom is -0.460 e. The van der Waals surface area contributed by atoms with E-state index in [2.05, 4.69) is 15.4 Å². The molecular weight excluding hydrogens is 668 g/mol. The van der Waals surface area contributed by atoms with Crippen LogP contribution in [-0.2, 0) is 43.4 Å². The molecule has 6 atom stereocenters. The molecule has 4 amide bonds. The second-order valence-electron chi connectivity index (χ2n) is 15.5. The topological polar surface area (TPSA) is 187 Å². The molecule has 1 unspecified atom stereocenters. The Morgan fingerprint density at radius 2 is 1.80 bits per heavy atom. The highest BCUT2D eigenvalue weighted by Crippen LogP contribution is 2.46. The summed E-state index contributed by atoms with van der Waals surface area (Å²) >= 11 is 0. The Balaban J connectivity index is 1.41. The Bertz CT molecular complexity index is 1430. The van der Waals surface area contributed by atoms with Crippen molar-refractivity contribution in [2.75, 3.05) is 19.8 Å². The summed E-state index contributed by atoms with van der Waals surface area (Å²) in [5, 5.41) is 4.82. The fourth-order valence-electron chi connectivity index (χ4n) is 7.49. The molecule has 3 N–H and O–H groups in total. The normalized spacial score (nSPS) is 30.4. The number of ether oxygens (including phenoxy) is 3. The number of nitrogens with one attached hydrogen (secondary N) is 3. The van der Waals surface area contributed by atoms with Gasteiger partial charge in [-0.25, -0.2) is 13.2 Å². The summed E-state index contributed by atoms with van der Waals surface area (Å²) in [5.41, 5.74) is -2.38. The molecule has 0 aromatic heterocycles. The number of nitrogens with zero attached hydrogens (tertiary/aromatic N) is 1. The van der Waals surface area contributed by atoms with Crippen LogP contribution in [-0.4, -0.2) is 97.4 Å². The molecule has 15 heteroatoms. The van der Waals surface area contributed by atoms with E-state index in [0.717, 1.165) is 32.1 Å². The van der Waals surface area contributed by atoms with E-state index < -0.39 is 74.3 Å². The fourth-order valence-corrected chi connectivity index (χ4v) is 8.85. The summed E-state index contributed by atoms with van der Waals surface area (Å²) in [4.78, 5) is 69.8. The van der Waals surface area contributed by atoms with E-state index in [-0.39, 0.29) is 56.8 Å². The number of hydrogen-bond acceptors (Lipinski definition) is 10. The van der Waals surface area contributed by atoms with E-state index in [1.807, 2.05) is 6.92 Å². The number of amides is 4. The van der Waals surface area contributed by atoms with Crippen molar-refractivity contribution in [3.63, 3.8) is 0 Å². The van der Waals surface area contributed by atoms with E-state index >= 15 is 0 Å². The Hall–Kier alpha value is -3.20. The van der Waals surface area contributed by atoms with E-state index in [0.29, 0.717) is 25.7 Å². The molecule has 50 heavy (non-hydrogen) atoms. The van der Waals surface area contributed by atoms with E-state index in [9.17, 15) is 32.4 Å². The van der Waals surface area contributed by atoms with Crippen LogP contribution in [0.5, 0.6) is 0 Å². The molecule has 2 aliphatic heterocycles. The molecule has 280 valence electrons. The molecule has 4 fully saturated rings. The molecular formula is C35H54N4O10S. The molecule has 0 aromatic rings. The molecule has 1 saturated heterocycles. The van der Waals surface area contributed by atoms with Crippen LogP contribution in [0.3, 0.4) is 0 Å². The number of fused-ring (bicyclic) bond motifs is 2. The Morgan fingerprint density at radius 1 is 1.08 bits per heavy atom. The lowest BCUT2D eigenvalue weighted by molar-refractivity contribution is -0.156. The first-order valence-corrected chi connectivity index (χ1v) is 19.8. The van der Waals surface area contributed by atoms with Crippen molar-refractivity contribution in [1.29, 1.82) is 0 Å². The molecule has 5 rings (SSSR count). The van der Waals surface area contributed by atoms with Gasteiger partial charge in [-0.1, -0.05) is 38.3 Å². The highest BCUT2D eigenvalue weighted by molar-refractivity contribution is 7.91. The predicted octanol–water partition coefficient (Wildman–Crippen LogP) is 2.85. The molecule has 2 heterocycles. The van der Waals surface area contributed by atoms with Gasteiger partial charge in [-0.15, -0.1) is 0 Å². The average molecular weight is 723 g/mol. The van der Waals surface area contributed by atoms with Crippen molar-refractivity contribution in [2.24, 2.45) is 17.8 Å². The SMILES string of the molecule is CCC(C(=O)O[C@@H]1C[C@H]2C(=O)N[C@]3(C(=O)NS(=O)(=O)C4CC4)C[C@H]3C=CCOCCC[C@H](NC(=O)OC(C)(C)C)C(=O)N2C1)C1CCCCC1. The number of alkyl carbamates (subject to hydrolysis) is 1. The molecule has 0 radical (unpaired) electrons. The van der Waals surface area contributed by atoms with Crippen LogP contribution in [0.15, 0.2) is 12.2 Å². The van der Waals surface area contributed by atoms with Crippen molar-refractivity contribution in [1.82, 2.24) is 20.3 Å². The van der Waals surface area contributed by atoms with Crippen molar-refractivity contribution in [3.8, 4) is 0 Å². The maximum atomic E-state index is 14.3. The van der Waals surface area contributed by atoms with Gasteiger partial charge in [-0.05, 0) is 78.1 Å². The molecule has 5 aliphatic rings. The van der Waals surface area contributed by atoms with Gasteiger partial charge in [0, 0.05) is 18.9 Å². The van der Waals surface area contributed by atoms with E-state index in [4.69, 9.17) is 14.2 Å². The summed E-state index contributed by atoms with van der Waals surface area (Å²) in [6, 6.07) is -2.24. The van der Waals surface area contributed by atoms with Gasteiger partial charge in [0.15, 0.2) is 0 Å². The second-order valence-corrected chi connectivity index (χ2v) is 17.5. The van der Waals surface area contributed by atoms with Crippen LogP contribution in [0.1, 0.15) is 105 Å². The monoisotopic (exact) mass is 722 g/mol. The average Bonchev–Trinajstić information content (AvgIpc) is 3.96. The summed E-state index contributed by atoms with van der Waals surface area (Å²) in [7, 11) is -3.90. The number of sulfonamides is 1. The zero-order valence-corrected chi connectivity index (χ0v) is 30.6. The number of rotatable bonds is 8. The van der Waals surface area contributed by atoms with Gasteiger partial charge >= 0.3 is 12.1 Å². The zero-order chi connectivity index (χ0) is 36.3. The summed E-state index contributed by atoms with van der Waals surface area (Å²) < 4.78 is 44.8. The molecule has 3 saturated carbocycles. The Kier molecular flexibility index (Phi) is 11.9. The van der Waals surface area contributed by atoms with Crippen molar-refractivity contribution < 1.29 is 46.6 Å². The van der Waals surface area contributed by atoms with Crippen LogP contribution in [0.4, 0.5) is 4.79 Å². The highest BCUT2D eigenvalue weighted by Gasteiger charge is 2.62. The van der Waals surface area contributed by atoms with Gasteiger partial charge in [0.1, 0.15) is 29.3 Å². The van der Waals surface area contributed by atoms with E-state index in [1.54, 1.807) is 32.9 Å². The van der Waals surface area contributed by atoms with Crippen LogP contribution in [0, 0.1) is 17.8 Å². The zero-order valence-electron chi connectivity index (χ0n) is 29.7. The van der Waals surface area contributed by atoms with Crippen molar-refractivity contribution >= 4 is 39.8 Å². The first-order chi connectivity index (χ1) is 23.6. The maximum absolute atomic E-state index is 14.3. The lowest BCUT2D eigenvalue weighted by atomic mass is 9.79. The quantitative estimate of drug-likeness (QED) is 0.249. The predicted molar refractivity (Wildman–Crippen MR) is 182 cm³/mol. The highest BCUT2D eigenvalue weighted by atomic mass is 32.2. The minimum absolute atomic E-state index is 0.0226. The molecule has 0 aromatic carbocycles. The smallest absolute Gasteiger partial charge is 0.408 e. The van der Waals surface area contributed by atoms with Crippen LogP contribution >= 0.6 is 0 Å². The van der Waals surface area contributed by atoms with Gasteiger partial charge in [-0.2, -0.15) is 0 Å². The van der Waals surface area contributed by atoms with Crippen LogP contribution in [0.25, 0.3) is 0 Å². The third-order valence-corrected chi connectivity index (χ3v) is 12.2. The van der Waals surface area contributed by atoms with Crippen molar-refractivity contribution in [3.05, 3.63) is 12.2 Å². The lowest BCUT2D eigenvalue weighted by Gasteiger charge is -2.30. The largest absolute Gasteiger partial charge is 0.460 e. The molecule has 0 bridgehead atoms. The summed E-state index contributed by atoms with van der Waals surface area (Å²) in [6.07, 6.45) is 9.26. The van der Waals surface area contributed by atoms with Gasteiger partial charge in [0.05, 0.1) is 24.3 Å². The number of carbonyl (C=O) groups is 5. The van der Waals surface area contributed by atoms with Crippen LogP contribution < -0.4 is 15.4 Å². The number of esters is 1. The minimum atomic E-state index is -3.90. The van der Waals surface area contributed by atoms with Gasteiger partial charge in [0.2, 0.25) is 21.8 Å². The van der Waals surface area contributed by atoms with Gasteiger partial charge in [-0.3, -0.25) is 23.9 Å². The molecule has 3 aliphatic carbocycles. The maximum Gasteiger partial charge on any atom is 0.408 e. The second kappa shape index (κ2) is 15.6. The number of hydrogen-bond donors (Lipinski definition) is 3. The van der Waals surface area contributed by atoms with Crippen LogP contribution in [0.2, 0.25) is 0 Å². The standard InChI is InChI=1S/C35H54N4O10S/c1-5-26(22-11-7-6-8-12-22)31(42)48-24-19-28-29(40)37-35(32(43)38-50(45,46)25-15-16-25)20-23(35)13-9-17-47-18-10-14-27(30(41)39(28)21-24)36-33(44)49-34(2,3)4/h9,13,22-28H,5-8,10-12,14-21H2,1-4H3,(H,36,44)(H,37,40)(H,38,43)/t23-,24-,26?,27+,28+,35-/m1/s1. The number of carbonyl (C=O) groups excluding carboxylic acids is 5. The third kappa shape index (κ3) is 9.36. The molecule has 0 spiro atoms. The van der Waals surface area contributed by atoms with E-state index in [1.165, 1.54) is 4.90 Å². The van der Waals surface area contributed by atoms with Gasteiger partial charge < -0.3 is 29.7 Å². The first kappa shape index (κ1) is 38.0. The summed E-state index contributed by atoms with van der Waals surface area (Å²) in [5.74, 6) is -3.01. The molecule has 14 nitrogen and oxygen atoms in total.